The fraction of sp³-hybridized carbons (Fsp3) is 0.217. The van der Waals surface area contributed by atoms with Gasteiger partial charge >= 0.3 is 0 Å². The minimum Gasteiger partial charge on any atom is -0.457 e. The van der Waals surface area contributed by atoms with Gasteiger partial charge in [-0.2, -0.15) is 0 Å². The van der Waals surface area contributed by atoms with Crippen LogP contribution < -0.4 is 10.1 Å². The van der Waals surface area contributed by atoms with Crippen molar-refractivity contribution in [1.29, 1.82) is 0 Å². The van der Waals surface area contributed by atoms with Crippen LogP contribution >= 0.6 is 0 Å². The maximum absolute atomic E-state index is 5.88. The first-order valence-electron chi connectivity index (χ1n) is 8.95. The molecule has 0 heterocycles. The van der Waals surface area contributed by atoms with Gasteiger partial charge in [-0.3, -0.25) is 0 Å². The van der Waals surface area contributed by atoms with Crippen LogP contribution in [-0.2, 0) is 6.54 Å². The highest BCUT2D eigenvalue weighted by Crippen LogP contribution is 2.25. The van der Waals surface area contributed by atoms with Crippen molar-refractivity contribution >= 4 is 0 Å². The van der Waals surface area contributed by atoms with Gasteiger partial charge in [0.2, 0.25) is 0 Å². The van der Waals surface area contributed by atoms with Crippen LogP contribution in [0.4, 0.5) is 0 Å². The summed E-state index contributed by atoms with van der Waals surface area (Å²) in [4.78, 5) is 0. The Labute approximate surface area is 150 Å². The van der Waals surface area contributed by atoms with E-state index in [-0.39, 0.29) is 0 Å². The van der Waals surface area contributed by atoms with E-state index in [1.54, 1.807) is 0 Å². The summed E-state index contributed by atoms with van der Waals surface area (Å²) in [5.74, 6) is 1.73. The summed E-state index contributed by atoms with van der Waals surface area (Å²) in [6.07, 6.45) is 2.26. The van der Waals surface area contributed by atoms with Crippen LogP contribution in [0.3, 0.4) is 0 Å². The number of benzene rings is 3. The van der Waals surface area contributed by atoms with Gasteiger partial charge in [0, 0.05) is 12.6 Å². The average Bonchev–Trinajstić information content (AvgIpc) is 2.67. The highest BCUT2D eigenvalue weighted by molar-refractivity contribution is 5.34. The first-order chi connectivity index (χ1) is 12.3. The summed E-state index contributed by atoms with van der Waals surface area (Å²) in [6.45, 7) is 3.11. The van der Waals surface area contributed by atoms with E-state index in [0.29, 0.717) is 6.04 Å². The molecule has 3 aromatic carbocycles. The van der Waals surface area contributed by atoms with Gasteiger partial charge in [0.05, 0.1) is 0 Å². The van der Waals surface area contributed by atoms with Gasteiger partial charge in [0.1, 0.15) is 11.5 Å². The first-order valence-corrected chi connectivity index (χ1v) is 8.95. The number of nitrogens with one attached hydrogen (secondary N) is 1. The Morgan fingerprint density at radius 1 is 0.760 bits per heavy atom. The normalized spacial score (nSPS) is 11.9. The van der Waals surface area contributed by atoms with Crippen molar-refractivity contribution in [2.45, 2.75) is 32.4 Å². The monoisotopic (exact) mass is 331 g/mol. The summed E-state index contributed by atoms with van der Waals surface area (Å²) < 4.78 is 5.88. The number of ether oxygens (including phenoxy) is 1. The van der Waals surface area contributed by atoms with Crippen LogP contribution in [-0.4, -0.2) is 0 Å². The molecule has 0 fully saturated rings. The smallest absolute Gasteiger partial charge is 0.127 e. The van der Waals surface area contributed by atoms with Gasteiger partial charge in [-0.15, -0.1) is 0 Å². The van der Waals surface area contributed by atoms with Crippen molar-refractivity contribution in [2.24, 2.45) is 0 Å². The van der Waals surface area contributed by atoms with Crippen LogP contribution in [0.5, 0.6) is 11.5 Å². The number of hydrogen-bond donors (Lipinski definition) is 1. The van der Waals surface area contributed by atoms with Crippen molar-refractivity contribution in [1.82, 2.24) is 5.32 Å². The second-order valence-electron chi connectivity index (χ2n) is 6.19. The molecule has 2 heteroatoms. The van der Waals surface area contributed by atoms with Gasteiger partial charge in [0.25, 0.3) is 0 Å². The van der Waals surface area contributed by atoms with E-state index in [0.717, 1.165) is 30.9 Å². The number of rotatable bonds is 8. The van der Waals surface area contributed by atoms with E-state index < -0.39 is 0 Å². The Kier molecular flexibility index (Phi) is 6.24. The maximum atomic E-state index is 5.88. The molecule has 128 valence electrons. The summed E-state index contributed by atoms with van der Waals surface area (Å²) >= 11 is 0. The van der Waals surface area contributed by atoms with E-state index in [9.17, 15) is 0 Å². The van der Waals surface area contributed by atoms with Gasteiger partial charge in [-0.1, -0.05) is 74.0 Å². The molecule has 0 spiro atoms. The molecule has 0 aliphatic rings. The predicted octanol–water partition coefficient (Wildman–Crippen LogP) is 6.11. The zero-order valence-electron chi connectivity index (χ0n) is 14.7. The molecular weight excluding hydrogens is 306 g/mol. The third-order valence-corrected chi connectivity index (χ3v) is 4.23. The van der Waals surface area contributed by atoms with Crippen molar-refractivity contribution in [2.75, 3.05) is 0 Å². The van der Waals surface area contributed by atoms with Crippen molar-refractivity contribution < 1.29 is 4.74 Å². The molecule has 2 nitrogen and oxygen atoms in total. The summed E-state index contributed by atoms with van der Waals surface area (Å²) in [5, 5.41) is 3.68. The summed E-state index contributed by atoms with van der Waals surface area (Å²) in [7, 11) is 0. The summed E-state index contributed by atoms with van der Waals surface area (Å²) in [5.41, 5.74) is 2.62. The molecule has 1 atom stereocenters. The third-order valence-electron chi connectivity index (χ3n) is 4.23. The molecule has 0 radical (unpaired) electrons. The third kappa shape index (κ3) is 5.20. The lowest BCUT2D eigenvalue weighted by molar-refractivity contribution is 0.477. The molecule has 3 rings (SSSR count). The van der Waals surface area contributed by atoms with Gasteiger partial charge in [-0.25, -0.2) is 0 Å². The molecule has 0 aliphatic carbocycles. The van der Waals surface area contributed by atoms with Gasteiger partial charge in [0.15, 0.2) is 0 Å². The summed E-state index contributed by atoms with van der Waals surface area (Å²) in [6, 6.07) is 29.2. The lowest BCUT2D eigenvalue weighted by Crippen LogP contribution is -2.20. The highest BCUT2D eigenvalue weighted by atomic mass is 16.5. The second kappa shape index (κ2) is 9.05. The molecular formula is C23H25NO. The Bertz CT molecular complexity index is 738. The fourth-order valence-electron chi connectivity index (χ4n) is 2.90. The highest BCUT2D eigenvalue weighted by Gasteiger charge is 2.10. The zero-order chi connectivity index (χ0) is 17.3. The Morgan fingerprint density at radius 2 is 1.36 bits per heavy atom. The minimum absolute atomic E-state index is 0.357. The second-order valence-corrected chi connectivity index (χ2v) is 6.19. The lowest BCUT2D eigenvalue weighted by Gasteiger charge is -2.19. The minimum atomic E-state index is 0.357. The topological polar surface area (TPSA) is 21.3 Å². The van der Waals surface area contributed by atoms with E-state index >= 15 is 0 Å². The van der Waals surface area contributed by atoms with Gasteiger partial charge < -0.3 is 10.1 Å². The average molecular weight is 331 g/mol. The van der Waals surface area contributed by atoms with Crippen molar-refractivity contribution in [3.63, 3.8) is 0 Å². The molecule has 0 aliphatic heterocycles. The maximum Gasteiger partial charge on any atom is 0.127 e. The molecule has 0 saturated carbocycles. The van der Waals surface area contributed by atoms with Crippen LogP contribution in [0.2, 0.25) is 0 Å². The van der Waals surface area contributed by atoms with Crippen molar-refractivity contribution in [3.05, 3.63) is 96.1 Å². The van der Waals surface area contributed by atoms with Crippen LogP contribution in [0.15, 0.2) is 84.9 Å². The van der Waals surface area contributed by atoms with Crippen LogP contribution in [0.25, 0.3) is 0 Å². The molecule has 3 aromatic rings. The largest absolute Gasteiger partial charge is 0.457 e. The molecule has 0 saturated heterocycles. The van der Waals surface area contributed by atoms with E-state index in [1.165, 1.54) is 11.1 Å². The standard InChI is InChI=1S/C23H25NO/c1-2-9-23(24-18-19-10-5-3-6-11-19)20-14-16-22(17-15-20)25-21-12-7-4-8-13-21/h3-8,10-17,23-24H,2,9,18H2,1H3. The number of hydrogen-bond acceptors (Lipinski definition) is 2. The Morgan fingerprint density at radius 3 is 2.00 bits per heavy atom. The predicted molar refractivity (Wildman–Crippen MR) is 104 cm³/mol. The van der Waals surface area contributed by atoms with Crippen LogP contribution in [0, 0.1) is 0 Å². The molecule has 0 amide bonds. The van der Waals surface area contributed by atoms with Gasteiger partial charge in [-0.05, 0) is 41.8 Å². The Balaban J connectivity index is 1.64. The van der Waals surface area contributed by atoms with E-state index in [1.807, 2.05) is 30.3 Å². The molecule has 0 aromatic heterocycles. The first kappa shape index (κ1) is 17.2. The number of para-hydroxylation sites is 1. The molecule has 1 unspecified atom stereocenters. The van der Waals surface area contributed by atoms with E-state index in [4.69, 9.17) is 4.74 Å². The van der Waals surface area contributed by atoms with Crippen molar-refractivity contribution in [3.8, 4) is 11.5 Å². The SMILES string of the molecule is CCCC(NCc1ccccc1)c1ccc(Oc2ccccc2)cc1. The quantitative estimate of drug-likeness (QED) is 0.537. The zero-order valence-corrected chi connectivity index (χ0v) is 14.7. The fourth-order valence-corrected chi connectivity index (χ4v) is 2.90. The molecule has 1 N–H and O–H groups in total. The van der Waals surface area contributed by atoms with E-state index in [2.05, 4.69) is 66.8 Å². The lowest BCUT2D eigenvalue weighted by atomic mass is 10.0. The Hall–Kier alpha value is -2.58. The molecule has 0 bridgehead atoms. The molecule has 25 heavy (non-hydrogen) atoms. The van der Waals surface area contributed by atoms with Crippen LogP contribution in [0.1, 0.15) is 36.9 Å².